The van der Waals surface area contributed by atoms with Crippen LogP contribution in [0.15, 0.2) is 48.5 Å². The fraction of sp³-hybridized carbons (Fsp3) is 0.200. The van der Waals surface area contributed by atoms with Crippen LogP contribution in [-0.2, 0) is 0 Å². The Kier molecular flexibility index (Phi) is 3.05. The first-order valence-corrected chi connectivity index (χ1v) is 11.6. The van der Waals surface area contributed by atoms with E-state index in [-0.39, 0.29) is 0 Å². The Morgan fingerprint density at radius 3 is 1.61 bits per heavy atom. The van der Waals surface area contributed by atoms with Crippen molar-refractivity contribution in [2.45, 2.75) is 12.1 Å². The zero-order valence-corrected chi connectivity index (χ0v) is 17.1. The summed E-state index contributed by atoms with van der Waals surface area (Å²) in [7, 11) is 2.32. The molecular formula is C25H19NS2. The molecule has 2 aliphatic carbocycles. The van der Waals surface area contributed by atoms with Gasteiger partial charge in [0.1, 0.15) is 0 Å². The number of rotatable bonds is 0. The molecule has 0 radical (unpaired) electrons. The topological polar surface area (TPSA) is 3.24 Å². The quantitative estimate of drug-likeness (QED) is 0.441. The first kappa shape index (κ1) is 15.7. The van der Waals surface area contributed by atoms with Crippen LogP contribution in [0.4, 0.5) is 0 Å². The summed E-state index contributed by atoms with van der Waals surface area (Å²) in [5.74, 6) is 1.12. The number of fused-ring (bicyclic) bond motifs is 9. The second-order valence-electron chi connectivity index (χ2n) is 8.22. The van der Waals surface area contributed by atoms with Crippen molar-refractivity contribution in [1.29, 1.82) is 0 Å². The Morgan fingerprint density at radius 1 is 0.643 bits per heavy atom. The monoisotopic (exact) mass is 397 g/mol. The lowest BCUT2D eigenvalue weighted by Crippen LogP contribution is -2.38. The summed E-state index contributed by atoms with van der Waals surface area (Å²) in [5.41, 5.74) is 0. The van der Waals surface area contributed by atoms with Crippen LogP contribution in [0.2, 0.25) is 0 Å². The van der Waals surface area contributed by atoms with Gasteiger partial charge in [0.05, 0.1) is 0 Å². The van der Waals surface area contributed by atoms with Gasteiger partial charge >= 0.3 is 0 Å². The van der Waals surface area contributed by atoms with Crippen molar-refractivity contribution in [2.75, 3.05) is 7.05 Å². The highest BCUT2D eigenvalue weighted by Crippen LogP contribution is 2.40. The van der Waals surface area contributed by atoms with Crippen molar-refractivity contribution in [3.05, 3.63) is 68.0 Å². The molecule has 4 unspecified atom stereocenters. The molecule has 0 amide bonds. The molecule has 1 fully saturated rings. The van der Waals surface area contributed by atoms with Crippen molar-refractivity contribution >= 4 is 67.1 Å². The van der Waals surface area contributed by atoms with Crippen molar-refractivity contribution in [1.82, 2.24) is 4.90 Å². The minimum atomic E-state index is 0.480. The summed E-state index contributed by atoms with van der Waals surface area (Å²) in [4.78, 5) is 2.60. The predicted molar refractivity (Wildman–Crippen MR) is 122 cm³/mol. The Bertz CT molecular complexity index is 1400. The third-order valence-electron chi connectivity index (χ3n) is 6.86. The van der Waals surface area contributed by atoms with Crippen LogP contribution in [0, 0.1) is 11.8 Å². The molecule has 7 rings (SSSR count). The standard InChI is InChI=1S/C25H19NS2/c1-26-20-10-18-14-6-2-4-8-22(14)27-24(18)12-16(20)17-13-25-19(11-21(17)26)15-7-3-5-9-23(15)28-25/h2-13,16-17,20-21H,1H3. The minimum absolute atomic E-state index is 0.480. The molecule has 3 heteroatoms. The van der Waals surface area contributed by atoms with E-state index in [1.807, 2.05) is 22.7 Å². The second-order valence-corrected chi connectivity index (χ2v) is 10.4. The molecule has 0 saturated carbocycles. The lowest BCUT2D eigenvalue weighted by Gasteiger charge is -2.24. The van der Waals surface area contributed by atoms with E-state index in [2.05, 4.69) is 84.8 Å². The Morgan fingerprint density at radius 2 is 1.11 bits per heavy atom. The summed E-state index contributed by atoms with van der Waals surface area (Å²) >= 11 is 3.90. The molecule has 3 aliphatic rings. The van der Waals surface area contributed by atoms with E-state index in [0.717, 1.165) is 0 Å². The van der Waals surface area contributed by atoms with Crippen LogP contribution in [0.5, 0.6) is 0 Å². The summed E-state index contributed by atoms with van der Waals surface area (Å²) in [5, 5.41) is 5.73. The van der Waals surface area contributed by atoms with E-state index in [4.69, 9.17) is 0 Å². The van der Waals surface area contributed by atoms with E-state index in [9.17, 15) is 0 Å². The van der Waals surface area contributed by atoms with E-state index in [0.29, 0.717) is 23.9 Å². The first-order valence-electron chi connectivity index (χ1n) is 9.92. The van der Waals surface area contributed by atoms with Crippen LogP contribution < -0.4 is 19.5 Å². The molecule has 0 spiro atoms. The third kappa shape index (κ3) is 1.94. The molecule has 136 valence electrons. The second kappa shape index (κ2) is 5.44. The Hall–Kier alpha value is -2.20. The lowest BCUT2D eigenvalue weighted by atomic mass is 9.83. The van der Waals surface area contributed by atoms with Crippen LogP contribution in [0.25, 0.3) is 44.5 Å². The molecule has 2 aromatic heterocycles. The van der Waals surface area contributed by atoms with E-state index < -0.39 is 0 Å². The molecule has 1 aliphatic heterocycles. The number of likely N-dealkylation sites (tertiary alicyclic amines) is 1. The highest BCUT2D eigenvalue weighted by Gasteiger charge is 2.45. The zero-order chi connectivity index (χ0) is 18.4. The number of nitrogens with zero attached hydrogens (tertiary/aromatic N) is 1. The fourth-order valence-electron chi connectivity index (χ4n) is 5.53. The molecule has 4 aromatic rings. The van der Waals surface area contributed by atoms with Crippen molar-refractivity contribution in [2.24, 2.45) is 11.8 Å². The van der Waals surface area contributed by atoms with Crippen molar-refractivity contribution < 1.29 is 0 Å². The zero-order valence-electron chi connectivity index (χ0n) is 15.5. The number of hydrogen-bond donors (Lipinski definition) is 0. The van der Waals surface area contributed by atoms with Gasteiger partial charge in [-0.05, 0) is 29.6 Å². The molecule has 1 saturated heterocycles. The van der Waals surface area contributed by atoms with E-state index in [1.54, 1.807) is 0 Å². The van der Waals surface area contributed by atoms with Gasteiger partial charge < -0.3 is 0 Å². The first-order chi connectivity index (χ1) is 13.8. The molecule has 0 N–H and O–H groups in total. The minimum Gasteiger partial charge on any atom is -0.292 e. The van der Waals surface area contributed by atoms with Gasteiger partial charge in [0.15, 0.2) is 0 Å². The van der Waals surface area contributed by atoms with Gasteiger partial charge in [-0.1, -0.05) is 60.7 Å². The highest BCUT2D eigenvalue weighted by atomic mass is 32.1. The summed E-state index contributed by atoms with van der Waals surface area (Å²) in [6.45, 7) is 0. The van der Waals surface area contributed by atoms with Gasteiger partial charge in [0, 0.05) is 53.2 Å². The lowest BCUT2D eigenvalue weighted by molar-refractivity contribution is 0.317. The molecule has 28 heavy (non-hydrogen) atoms. The maximum absolute atomic E-state index is 2.60. The maximum atomic E-state index is 2.60. The van der Waals surface area contributed by atoms with E-state index >= 15 is 0 Å². The number of hydrogen-bond acceptors (Lipinski definition) is 3. The highest BCUT2D eigenvalue weighted by molar-refractivity contribution is 7.17. The number of thiophene rings is 2. The molecule has 3 heterocycles. The van der Waals surface area contributed by atoms with Crippen molar-refractivity contribution in [3.63, 3.8) is 0 Å². The molecule has 1 nitrogen and oxygen atoms in total. The van der Waals surface area contributed by atoms with Gasteiger partial charge in [-0.3, -0.25) is 4.90 Å². The summed E-state index contributed by atoms with van der Waals surface area (Å²) in [6, 6.07) is 18.7. The molecule has 2 aromatic carbocycles. The summed E-state index contributed by atoms with van der Waals surface area (Å²) in [6.07, 6.45) is 10.2. The fourth-order valence-corrected chi connectivity index (χ4v) is 7.89. The van der Waals surface area contributed by atoms with Crippen LogP contribution >= 0.6 is 22.7 Å². The Balaban J connectivity index is 1.47. The smallest absolute Gasteiger partial charge is 0.0360 e. The summed E-state index contributed by atoms with van der Waals surface area (Å²) < 4.78 is 5.74. The largest absolute Gasteiger partial charge is 0.292 e. The molecule has 0 bridgehead atoms. The van der Waals surface area contributed by atoms with Crippen LogP contribution in [-0.4, -0.2) is 24.0 Å². The Labute approximate surface area is 170 Å². The van der Waals surface area contributed by atoms with Crippen LogP contribution in [0.3, 0.4) is 0 Å². The van der Waals surface area contributed by atoms with Gasteiger partial charge in [-0.25, -0.2) is 0 Å². The average molecular weight is 398 g/mol. The predicted octanol–water partition coefficient (Wildman–Crippen LogP) is 2.88. The van der Waals surface area contributed by atoms with E-state index in [1.165, 1.54) is 39.7 Å². The third-order valence-corrected chi connectivity index (χ3v) is 9.17. The van der Waals surface area contributed by atoms with Crippen molar-refractivity contribution in [3.8, 4) is 0 Å². The molecular weight excluding hydrogens is 378 g/mol. The van der Waals surface area contributed by atoms with Gasteiger partial charge in [0.2, 0.25) is 0 Å². The van der Waals surface area contributed by atoms with Crippen LogP contribution in [0.1, 0.15) is 0 Å². The number of benzene rings is 2. The van der Waals surface area contributed by atoms with Gasteiger partial charge in [-0.2, -0.15) is 0 Å². The van der Waals surface area contributed by atoms with Gasteiger partial charge in [-0.15, -0.1) is 22.7 Å². The van der Waals surface area contributed by atoms with Gasteiger partial charge in [0.25, 0.3) is 0 Å². The SMILES string of the molecule is CN1C2C=c3c(sc4ccccc34)=CC2C2C=c3sc4ccccc4c3=CC21. The average Bonchev–Trinajstić information content (AvgIpc) is 3.35. The normalized spacial score (nSPS) is 27.8. The maximum Gasteiger partial charge on any atom is 0.0360 e. The molecule has 4 atom stereocenters.